The maximum Gasteiger partial charge on any atom is 0.235 e. The van der Waals surface area contributed by atoms with Crippen molar-refractivity contribution in [3.05, 3.63) is 35.6 Å². The Bertz CT molecular complexity index is 625. The number of carbonyl (C=O) groups is 2. The van der Waals surface area contributed by atoms with Crippen molar-refractivity contribution in [1.82, 2.24) is 15.5 Å². The molecular weight excluding hydrogens is 337 g/mol. The minimum absolute atomic E-state index is 0.176. The van der Waals surface area contributed by atoms with Gasteiger partial charge in [-0.15, -0.1) is 0 Å². The molecule has 1 saturated heterocycles. The first-order valence-electron chi connectivity index (χ1n) is 9.21. The molecule has 2 fully saturated rings. The largest absolute Gasteiger partial charge is 0.379 e. The maximum atomic E-state index is 12.9. The standard InChI is InChI=1S/C19H26FN3O3/c20-16-3-1-15(2-4-16)5-8-21-17(24)19(6-7-19)18(25)22-9-10-23-11-13-26-14-12-23/h1-4H,5-14H2,(H,21,24)(H,22,25). The Kier molecular flexibility index (Phi) is 6.21. The normalized spacial score (nSPS) is 19.0. The lowest BCUT2D eigenvalue weighted by Crippen LogP contribution is -2.46. The zero-order chi connectivity index (χ0) is 18.4. The Hall–Kier alpha value is -1.99. The van der Waals surface area contributed by atoms with Crippen LogP contribution in [-0.4, -0.2) is 62.7 Å². The highest BCUT2D eigenvalue weighted by molar-refractivity contribution is 6.07. The topological polar surface area (TPSA) is 70.7 Å². The summed E-state index contributed by atoms with van der Waals surface area (Å²) in [5.74, 6) is -0.656. The van der Waals surface area contributed by atoms with Crippen molar-refractivity contribution < 1.29 is 18.7 Å². The summed E-state index contributed by atoms with van der Waals surface area (Å²) < 4.78 is 18.2. The number of amides is 2. The molecule has 1 heterocycles. The lowest BCUT2D eigenvalue weighted by atomic mass is 10.0. The van der Waals surface area contributed by atoms with Crippen molar-refractivity contribution in [1.29, 1.82) is 0 Å². The van der Waals surface area contributed by atoms with Crippen LogP contribution in [-0.2, 0) is 20.7 Å². The molecule has 0 radical (unpaired) electrons. The summed E-state index contributed by atoms with van der Waals surface area (Å²) in [4.78, 5) is 27.1. The second-order valence-electron chi connectivity index (χ2n) is 6.92. The number of nitrogens with one attached hydrogen (secondary N) is 2. The summed E-state index contributed by atoms with van der Waals surface area (Å²) in [5.41, 5.74) is 0.0554. The van der Waals surface area contributed by atoms with Gasteiger partial charge in [0, 0.05) is 32.7 Å². The van der Waals surface area contributed by atoms with E-state index in [0.29, 0.717) is 32.4 Å². The number of carbonyl (C=O) groups excluding carboxylic acids is 2. The van der Waals surface area contributed by atoms with Gasteiger partial charge in [0.25, 0.3) is 0 Å². The van der Waals surface area contributed by atoms with Gasteiger partial charge in [-0.2, -0.15) is 0 Å². The molecular formula is C19H26FN3O3. The van der Waals surface area contributed by atoms with E-state index in [1.165, 1.54) is 12.1 Å². The lowest BCUT2D eigenvalue weighted by Gasteiger charge is -2.26. The molecule has 6 nitrogen and oxygen atoms in total. The highest BCUT2D eigenvalue weighted by atomic mass is 19.1. The average Bonchev–Trinajstić information content (AvgIpc) is 3.46. The number of rotatable bonds is 8. The molecule has 26 heavy (non-hydrogen) atoms. The van der Waals surface area contributed by atoms with Gasteiger partial charge >= 0.3 is 0 Å². The molecule has 2 N–H and O–H groups in total. The van der Waals surface area contributed by atoms with Crippen molar-refractivity contribution in [3.63, 3.8) is 0 Å². The van der Waals surface area contributed by atoms with E-state index in [2.05, 4.69) is 15.5 Å². The van der Waals surface area contributed by atoms with Crippen LogP contribution in [0, 0.1) is 11.2 Å². The fourth-order valence-corrected chi connectivity index (χ4v) is 3.14. The predicted octanol–water partition coefficient (Wildman–Crippen LogP) is 0.713. The summed E-state index contributed by atoms with van der Waals surface area (Å²) >= 11 is 0. The Morgan fingerprint density at radius 1 is 1.04 bits per heavy atom. The van der Waals surface area contributed by atoms with E-state index in [9.17, 15) is 14.0 Å². The van der Waals surface area contributed by atoms with Gasteiger partial charge in [0.2, 0.25) is 11.8 Å². The molecule has 7 heteroatoms. The SMILES string of the molecule is O=C(NCCc1ccc(F)cc1)C1(C(=O)NCCN2CCOCC2)CC1. The number of hydrogen-bond acceptors (Lipinski definition) is 4. The van der Waals surface area contributed by atoms with E-state index in [1.54, 1.807) is 12.1 Å². The molecule has 1 aromatic rings. The monoisotopic (exact) mass is 363 g/mol. The third-order valence-corrected chi connectivity index (χ3v) is 5.05. The van der Waals surface area contributed by atoms with Crippen LogP contribution in [0.25, 0.3) is 0 Å². The quantitative estimate of drug-likeness (QED) is 0.668. The molecule has 0 bridgehead atoms. The third-order valence-electron chi connectivity index (χ3n) is 5.05. The second kappa shape index (κ2) is 8.60. The van der Waals surface area contributed by atoms with Gasteiger partial charge in [-0.3, -0.25) is 14.5 Å². The third kappa shape index (κ3) is 4.80. The van der Waals surface area contributed by atoms with Gasteiger partial charge < -0.3 is 15.4 Å². The minimum atomic E-state index is -0.895. The average molecular weight is 363 g/mol. The summed E-state index contributed by atoms with van der Waals surface area (Å²) in [6.07, 6.45) is 1.80. The first-order chi connectivity index (χ1) is 12.6. The molecule has 0 aromatic heterocycles. The first-order valence-corrected chi connectivity index (χ1v) is 9.21. The van der Waals surface area contributed by atoms with Crippen LogP contribution in [0.5, 0.6) is 0 Å². The van der Waals surface area contributed by atoms with E-state index in [1.807, 2.05) is 0 Å². The Morgan fingerprint density at radius 2 is 1.65 bits per heavy atom. The van der Waals surface area contributed by atoms with Crippen LogP contribution in [0.3, 0.4) is 0 Å². The maximum absolute atomic E-state index is 12.9. The molecule has 1 aliphatic heterocycles. The van der Waals surface area contributed by atoms with Crippen LogP contribution in [0.1, 0.15) is 18.4 Å². The Morgan fingerprint density at radius 3 is 2.27 bits per heavy atom. The van der Waals surface area contributed by atoms with Crippen molar-refractivity contribution >= 4 is 11.8 Å². The summed E-state index contributed by atoms with van der Waals surface area (Å²) in [6, 6.07) is 6.21. The van der Waals surface area contributed by atoms with Crippen LogP contribution in [0.2, 0.25) is 0 Å². The van der Waals surface area contributed by atoms with Gasteiger partial charge in [-0.05, 0) is 37.0 Å². The molecule has 0 atom stereocenters. The predicted molar refractivity (Wildman–Crippen MR) is 95.0 cm³/mol. The molecule has 2 amide bonds. The molecule has 1 saturated carbocycles. The van der Waals surface area contributed by atoms with Gasteiger partial charge in [0.15, 0.2) is 0 Å². The molecule has 0 spiro atoms. The van der Waals surface area contributed by atoms with Crippen LogP contribution in [0.4, 0.5) is 4.39 Å². The van der Waals surface area contributed by atoms with Crippen molar-refractivity contribution in [3.8, 4) is 0 Å². The number of morpholine rings is 1. The zero-order valence-electron chi connectivity index (χ0n) is 14.9. The first kappa shape index (κ1) is 18.8. The van der Waals surface area contributed by atoms with E-state index >= 15 is 0 Å². The number of halogens is 1. The summed E-state index contributed by atoms with van der Waals surface area (Å²) in [7, 11) is 0. The molecule has 1 aliphatic carbocycles. The Labute approximate surface area is 153 Å². The van der Waals surface area contributed by atoms with Crippen LogP contribution < -0.4 is 10.6 Å². The number of benzene rings is 1. The highest BCUT2D eigenvalue weighted by Crippen LogP contribution is 2.46. The lowest BCUT2D eigenvalue weighted by molar-refractivity contribution is -0.137. The van der Waals surface area contributed by atoms with E-state index < -0.39 is 5.41 Å². The molecule has 1 aromatic carbocycles. The van der Waals surface area contributed by atoms with Crippen LogP contribution >= 0.6 is 0 Å². The molecule has 3 rings (SSSR count). The van der Waals surface area contributed by atoms with E-state index in [-0.39, 0.29) is 17.6 Å². The van der Waals surface area contributed by atoms with Gasteiger partial charge in [0.1, 0.15) is 11.2 Å². The zero-order valence-corrected chi connectivity index (χ0v) is 14.9. The molecule has 0 unspecified atom stereocenters. The van der Waals surface area contributed by atoms with Crippen molar-refractivity contribution in [2.75, 3.05) is 45.9 Å². The van der Waals surface area contributed by atoms with Gasteiger partial charge in [0.05, 0.1) is 13.2 Å². The second-order valence-corrected chi connectivity index (χ2v) is 6.92. The summed E-state index contributed by atoms with van der Waals surface area (Å²) in [5, 5.41) is 5.75. The van der Waals surface area contributed by atoms with Gasteiger partial charge in [-0.25, -0.2) is 4.39 Å². The smallest absolute Gasteiger partial charge is 0.235 e. The fraction of sp³-hybridized carbons (Fsp3) is 0.579. The highest BCUT2D eigenvalue weighted by Gasteiger charge is 2.56. The van der Waals surface area contributed by atoms with Crippen molar-refractivity contribution in [2.45, 2.75) is 19.3 Å². The fourth-order valence-electron chi connectivity index (χ4n) is 3.14. The summed E-state index contributed by atoms with van der Waals surface area (Å²) in [6.45, 7) is 4.98. The minimum Gasteiger partial charge on any atom is -0.379 e. The van der Waals surface area contributed by atoms with Gasteiger partial charge in [-0.1, -0.05) is 12.1 Å². The molecule has 142 valence electrons. The number of hydrogen-bond donors (Lipinski definition) is 2. The van der Waals surface area contributed by atoms with Crippen LogP contribution in [0.15, 0.2) is 24.3 Å². The number of nitrogens with zero attached hydrogens (tertiary/aromatic N) is 1. The molecule has 2 aliphatic rings. The van der Waals surface area contributed by atoms with Crippen molar-refractivity contribution in [2.24, 2.45) is 5.41 Å². The Balaban J connectivity index is 1.38. The number of ether oxygens (including phenoxy) is 1. The van der Waals surface area contributed by atoms with E-state index in [0.717, 1.165) is 38.4 Å². The van der Waals surface area contributed by atoms with E-state index in [4.69, 9.17) is 4.74 Å².